The van der Waals surface area contributed by atoms with Crippen LogP contribution in [-0.4, -0.2) is 43.1 Å². The first-order valence-corrected chi connectivity index (χ1v) is 8.72. The molecule has 0 bridgehead atoms. The molecule has 23 heavy (non-hydrogen) atoms. The van der Waals surface area contributed by atoms with E-state index < -0.39 is 5.82 Å². The molecule has 0 radical (unpaired) electrons. The molecule has 0 aliphatic carbocycles. The standard InChI is InChI=1S/C17H26ClFN4/c1-3-20-17(22-12-14-6-5-9-23(14)4-2)21-11-13-7-8-16(19)15(18)10-13/h7-8,10,14H,3-6,9,11-12H2,1-2H3,(H2,20,21,22). The molecule has 1 aliphatic heterocycles. The molecule has 128 valence electrons. The summed E-state index contributed by atoms with van der Waals surface area (Å²) in [5.74, 6) is 0.390. The zero-order valence-electron chi connectivity index (χ0n) is 13.9. The van der Waals surface area contributed by atoms with Crippen LogP contribution in [0.2, 0.25) is 5.02 Å². The largest absolute Gasteiger partial charge is 0.357 e. The normalized spacial score (nSPS) is 19.1. The van der Waals surface area contributed by atoms with E-state index in [9.17, 15) is 4.39 Å². The van der Waals surface area contributed by atoms with E-state index in [-0.39, 0.29) is 5.02 Å². The summed E-state index contributed by atoms with van der Waals surface area (Å²) in [6.07, 6.45) is 2.50. The maximum Gasteiger partial charge on any atom is 0.191 e. The fourth-order valence-corrected chi connectivity index (χ4v) is 3.11. The second-order valence-electron chi connectivity index (χ2n) is 5.75. The number of halogens is 2. The van der Waals surface area contributed by atoms with Crippen LogP contribution in [0, 0.1) is 5.82 Å². The van der Waals surface area contributed by atoms with E-state index in [1.54, 1.807) is 12.1 Å². The summed E-state index contributed by atoms with van der Waals surface area (Å²) in [7, 11) is 0. The lowest BCUT2D eigenvalue weighted by atomic mass is 10.2. The molecule has 1 unspecified atom stereocenters. The first-order chi connectivity index (χ1) is 11.1. The first-order valence-electron chi connectivity index (χ1n) is 8.34. The van der Waals surface area contributed by atoms with Gasteiger partial charge in [0, 0.05) is 19.1 Å². The molecule has 1 atom stereocenters. The van der Waals surface area contributed by atoms with Gasteiger partial charge in [0.15, 0.2) is 5.96 Å². The summed E-state index contributed by atoms with van der Waals surface area (Å²) in [5.41, 5.74) is 0.893. The van der Waals surface area contributed by atoms with Gasteiger partial charge in [0.2, 0.25) is 0 Å². The summed E-state index contributed by atoms with van der Waals surface area (Å²) in [4.78, 5) is 7.06. The zero-order chi connectivity index (χ0) is 16.7. The summed E-state index contributed by atoms with van der Waals surface area (Å²) in [6.45, 7) is 8.69. The molecular formula is C17H26ClFN4. The second-order valence-corrected chi connectivity index (χ2v) is 6.16. The average Bonchev–Trinajstić information content (AvgIpc) is 3.00. The predicted octanol–water partition coefficient (Wildman–Crippen LogP) is 3.02. The smallest absolute Gasteiger partial charge is 0.191 e. The van der Waals surface area contributed by atoms with Gasteiger partial charge in [-0.1, -0.05) is 24.6 Å². The SMILES string of the molecule is CCNC(=NCc1ccc(F)c(Cl)c1)NCC1CCCN1CC. The van der Waals surface area contributed by atoms with Gasteiger partial charge < -0.3 is 10.6 Å². The van der Waals surface area contributed by atoms with Crippen LogP contribution in [0.4, 0.5) is 4.39 Å². The maximum absolute atomic E-state index is 13.2. The van der Waals surface area contributed by atoms with E-state index in [0.29, 0.717) is 12.6 Å². The minimum atomic E-state index is -0.398. The molecular weight excluding hydrogens is 315 g/mol. The number of nitrogens with zero attached hydrogens (tertiary/aromatic N) is 2. The van der Waals surface area contributed by atoms with E-state index in [1.807, 2.05) is 6.92 Å². The van der Waals surface area contributed by atoms with Crippen molar-refractivity contribution in [2.24, 2.45) is 4.99 Å². The van der Waals surface area contributed by atoms with Gasteiger partial charge in [0.1, 0.15) is 5.82 Å². The third-order valence-electron chi connectivity index (χ3n) is 4.16. The molecule has 0 spiro atoms. The lowest BCUT2D eigenvalue weighted by Crippen LogP contribution is -2.44. The summed E-state index contributed by atoms with van der Waals surface area (Å²) >= 11 is 5.81. The van der Waals surface area contributed by atoms with E-state index >= 15 is 0 Å². The molecule has 1 aromatic rings. The molecule has 1 fully saturated rings. The fourth-order valence-electron chi connectivity index (χ4n) is 2.91. The number of hydrogen-bond acceptors (Lipinski definition) is 2. The number of likely N-dealkylation sites (N-methyl/N-ethyl adjacent to an activating group) is 1. The van der Waals surface area contributed by atoms with Gasteiger partial charge in [-0.3, -0.25) is 4.90 Å². The highest BCUT2D eigenvalue weighted by Crippen LogP contribution is 2.17. The van der Waals surface area contributed by atoms with Gasteiger partial charge in [0.25, 0.3) is 0 Å². The molecule has 6 heteroatoms. The Morgan fingerprint density at radius 1 is 1.39 bits per heavy atom. The van der Waals surface area contributed by atoms with Crippen molar-refractivity contribution in [3.63, 3.8) is 0 Å². The number of hydrogen-bond donors (Lipinski definition) is 2. The van der Waals surface area contributed by atoms with Crippen LogP contribution in [0.1, 0.15) is 32.3 Å². The van der Waals surface area contributed by atoms with E-state index in [0.717, 1.165) is 31.2 Å². The Balaban J connectivity index is 1.92. The van der Waals surface area contributed by atoms with Gasteiger partial charge in [-0.05, 0) is 50.6 Å². The molecule has 1 heterocycles. The maximum atomic E-state index is 13.2. The van der Waals surface area contributed by atoms with Crippen LogP contribution >= 0.6 is 11.6 Å². The van der Waals surface area contributed by atoms with Crippen molar-refractivity contribution in [2.45, 2.75) is 39.3 Å². The van der Waals surface area contributed by atoms with Crippen LogP contribution in [0.5, 0.6) is 0 Å². The number of rotatable bonds is 6. The lowest BCUT2D eigenvalue weighted by molar-refractivity contribution is 0.267. The Morgan fingerprint density at radius 3 is 2.91 bits per heavy atom. The molecule has 0 amide bonds. The van der Waals surface area contributed by atoms with Crippen LogP contribution in [0.15, 0.2) is 23.2 Å². The topological polar surface area (TPSA) is 39.7 Å². The monoisotopic (exact) mass is 340 g/mol. The summed E-state index contributed by atoms with van der Waals surface area (Å²) < 4.78 is 13.2. The van der Waals surface area contributed by atoms with Crippen LogP contribution in [-0.2, 0) is 6.54 Å². The van der Waals surface area contributed by atoms with Gasteiger partial charge >= 0.3 is 0 Å². The zero-order valence-corrected chi connectivity index (χ0v) is 14.7. The van der Waals surface area contributed by atoms with Crippen molar-refractivity contribution < 1.29 is 4.39 Å². The van der Waals surface area contributed by atoms with Crippen molar-refractivity contribution in [3.05, 3.63) is 34.6 Å². The molecule has 0 aromatic heterocycles. The van der Waals surface area contributed by atoms with Crippen LogP contribution < -0.4 is 10.6 Å². The van der Waals surface area contributed by atoms with Crippen molar-refractivity contribution >= 4 is 17.6 Å². The number of likely N-dealkylation sites (tertiary alicyclic amines) is 1. The Labute approximate surface area is 143 Å². The molecule has 1 saturated heterocycles. The van der Waals surface area contributed by atoms with Gasteiger partial charge in [-0.25, -0.2) is 9.38 Å². The average molecular weight is 341 g/mol. The number of aliphatic imine (C=N–C) groups is 1. The van der Waals surface area contributed by atoms with Crippen LogP contribution in [0.3, 0.4) is 0 Å². The molecule has 0 saturated carbocycles. The highest BCUT2D eigenvalue weighted by atomic mass is 35.5. The predicted molar refractivity (Wildman–Crippen MR) is 94.5 cm³/mol. The van der Waals surface area contributed by atoms with Gasteiger partial charge in [-0.2, -0.15) is 0 Å². The Bertz CT molecular complexity index is 535. The first kappa shape index (κ1) is 18.0. The Kier molecular flexibility index (Phi) is 7.12. The number of nitrogens with one attached hydrogen (secondary N) is 2. The third kappa shape index (κ3) is 5.36. The summed E-state index contributed by atoms with van der Waals surface area (Å²) in [5, 5.41) is 6.80. The molecule has 2 N–H and O–H groups in total. The van der Waals surface area contributed by atoms with Crippen LogP contribution in [0.25, 0.3) is 0 Å². The quantitative estimate of drug-likeness (QED) is 0.617. The molecule has 4 nitrogen and oxygen atoms in total. The molecule has 2 rings (SSSR count). The lowest BCUT2D eigenvalue weighted by Gasteiger charge is -2.24. The molecule has 1 aliphatic rings. The van der Waals surface area contributed by atoms with Gasteiger partial charge in [0.05, 0.1) is 11.6 Å². The Morgan fingerprint density at radius 2 is 2.22 bits per heavy atom. The fraction of sp³-hybridized carbons (Fsp3) is 0.588. The van der Waals surface area contributed by atoms with Crippen molar-refractivity contribution in [1.29, 1.82) is 0 Å². The van der Waals surface area contributed by atoms with Crippen molar-refractivity contribution in [1.82, 2.24) is 15.5 Å². The van der Waals surface area contributed by atoms with E-state index in [1.165, 1.54) is 25.5 Å². The second kappa shape index (κ2) is 9.08. The van der Waals surface area contributed by atoms with Gasteiger partial charge in [-0.15, -0.1) is 0 Å². The summed E-state index contributed by atoms with van der Waals surface area (Å²) in [6, 6.07) is 5.29. The Hall–Kier alpha value is -1.33. The van der Waals surface area contributed by atoms with E-state index in [2.05, 4.69) is 27.4 Å². The van der Waals surface area contributed by atoms with Crippen molar-refractivity contribution in [2.75, 3.05) is 26.2 Å². The minimum absolute atomic E-state index is 0.139. The number of guanidine groups is 1. The number of benzene rings is 1. The minimum Gasteiger partial charge on any atom is -0.357 e. The third-order valence-corrected chi connectivity index (χ3v) is 4.45. The highest BCUT2D eigenvalue weighted by molar-refractivity contribution is 6.30. The highest BCUT2D eigenvalue weighted by Gasteiger charge is 2.22. The van der Waals surface area contributed by atoms with E-state index in [4.69, 9.17) is 11.6 Å². The van der Waals surface area contributed by atoms with Crippen molar-refractivity contribution in [3.8, 4) is 0 Å². The molecule has 1 aromatic carbocycles.